The molecule has 2 N–H and O–H groups in total. The number of hydrogen-bond donors (Lipinski definition) is 1. The van der Waals surface area contributed by atoms with Crippen molar-refractivity contribution in [1.29, 1.82) is 0 Å². The molecule has 0 saturated heterocycles. The van der Waals surface area contributed by atoms with Gasteiger partial charge in [0.1, 0.15) is 0 Å². The molecule has 0 aromatic heterocycles. The summed E-state index contributed by atoms with van der Waals surface area (Å²) in [4.78, 5) is 12.5. The van der Waals surface area contributed by atoms with E-state index in [4.69, 9.17) is 14.9 Å². The quantitative estimate of drug-likeness (QED) is 0.552. The van der Waals surface area contributed by atoms with E-state index in [2.05, 4.69) is 69.3 Å². The predicted octanol–water partition coefficient (Wildman–Crippen LogP) is 3.79. The Balaban J connectivity index is 2.11. The molecule has 4 nitrogen and oxygen atoms in total. The van der Waals surface area contributed by atoms with Crippen LogP contribution in [0.2, 0.25) is 5.04 Å². The number of esters is 1. The average molecular weight is 438 g/mol. The van der Waals surface area contributed by atoms with E-state index in [9.17, 15) is 4.79 Å². The van der Waals surface area contributed by atoms with Gasteiger partial charge in [-0.2, -0.15) is 0 Å². The lowest BCUT2D eigenvalue weighted by Gasteiger charge is -2.47. The summed E-state index contributed by atoms with van der Waals surface area (Å²) in [5.74, 6) is -0.242. The summed E-state index contributed by atoms with van der Waals surface area (Å²) in [6, 6.07) is 20.8. The van der Waals surface area contributed by atoms with Crippen LogP contribution in [-0.4, -0.2) is 33.0 Å². The minimum Gasteiger partial charge on any atom is -0.463 e. The first-order chi connectivity index (χ1) is 14.7. The van der Waals surface area contributed by atoms with Gasteiger partial charge in [0.05, 0.1) is 12.7 Å². The van der Waals surface area contributed by atoms with E-state index in [1.807, 2.05) is 32.1 Å². The minimum atomic E-state index is -2.75. The molecule has 2 aromatic rings. The fourth-order valence-corrected chi connectivity index (χ4v) is 9.31. The van der Waals surface area contributed by atoms with Gasteiger partial charge in [0, 0.05) is 18.0 Å². The second-order valence-corrected chi connectivity index (χ2v) is 13.6. The van der Waals surface area contributed by atoms with E-state index in [0.717, 1.165) is 0 Å². The molecule has 0 spiro atoms. The highest BCUT2D eigenvalue weighted by Crippen LogP contribution is 2.39. The molecule has 1 aliphatic carbocycles. The lowest BCUT2D eigenvalue weighted by molar-refractivity contribution is -0.139. The van der Waals surface area contributed by atoms with Crippen molar-refractivity contribution in [2.75, 3.05) is 6.61 Å². The monoisotopic (exact) mass is 437 g/mol. The highest BCUT2D eigenvalue weighted by atomic mass is 28.4. The molecule has 5 heteroatoms. The normalized spacial score (nSPS) is 22.0. The van der Waals surface area contributed by atoms with Gasteiger partial charge in [-0.1, -0.05) is 94.4 Å². The first kappa shape index (κ1) is 23.5. The molecule has 3 rings (SSSR count). The van der Waals surface area contributed by atoms with Gasteiger partial charge in [-0.05, 0) is 28.3 Å². The molecular formula is C26H35NO3Si. The minimum absolute atomic E-state index is 0.0244. The average Bonchev–Trinajstić information content (AvgIpc) is 2.75. The van der Waals surface area contributed by atoms with E-state index in [0.29, 0.717) is 18.6 Å². The summed E-state index contributed by atoms with van der Waals surface area (Å²) in [7, 11) is -2.75. The Labute approximate surface area is 187 Å². The Bertz CT molecular complexity index is 866. The largest absolute Gasteiger partial charge is 0.463 e. The van der Waals surface area contributed by atoms with Crippen molar-refractivity contribution in [3.05, 3.63) is 72.3 Å². The van der Waals surface area contributed by atoms with E-state index in [1.54, 1.807) is 0 Å². The van der Waals surface area contributed by atoms with Gasteiger partial charge in [0.15, 0.2) is 0 Å². The standard InChI is InChI=1S/C26H35NO3Si/c1-6-29-25(28)20-17-19(2)24(27)23(18-20)30-31(26(3,4)5,21-13-9-7-10-14-21)22-15-11-8-12-16-22/h7-17,19,23-24H,6,18,27H2,1-5H3/t19-,23+,24-/m0/s1. The molecule has 31 heavy (non-hydrogen) atoms. The molecule has 0 radical (unpaired) electrons. The number of rotatable bonds is 6. The fourth-order valence-electron chi connectivity index (χ4n) is 4.60. The molecule has 3 atom stereocenters. The predicted molar refractivity (Wildman–Crippen MR) is 129 cm³/mol. The Morgan fingerprint density at radius 1 is 1.03 bits per heavy atom. The van der Waals surface area contributed by atoms with Crippen LogP contribution in [0.4, 0.5) is 0 Å². The van der Waals surface area contributed by atoms with Crippen LogP contribution in [0.3, 0.4) is 0 Å². The van der Waals surface area contributed by atoms with Crippen LogP contribution in [0.25, 0.3) is 0 Å². The summed E-state index contributed by atoms with van der Waals surface area (Å²) in [6.07, 6.45) is 2.15. The van der Waals surface area contributed by atoms with Crippen molar-refractivity contribution in [2.45, 2.75) is 58.2 Å². The second-order valence-electron chi connectivity index (χ2n) is 9.37. The lowest BCUT2D eigenvalue weighted by atomic mass is 9.85. The van der Waals surface area contributed by atoms with Gasteiger partial charge in [0.2, 0.25) is 0 Å². The molecule has 0 saturated carbocycles. The molecular weight excluding hydrogens is 402 g/mol. The van der Waals surface area contributed by atoms with Crippen molar-refractivity contribution >= 4 is 24.7 Å². The summed E-state index contributed by atoms with van der Waals surface area (Å²) >= 11 is 0. The third-order valence-electron chi connectivity index (χ3n) is 6.20. The Morgan fingerprint density at radius 3 is 2.00 bits per heavy atom. The van der Waals surface area contributed by atoms with E-state index in [1.165, 1.54) is 10.4 Å². The van der Waals surface area contributed by atoms with Crippen LogP contribution in [0.5, 0.6) is 0 Å². The van der Waals surface area contributed by atoms with E-state index < -0.39 is 8.32 Å². The number of ether oxygens (including phenoxy) is 1. The van der Waals surface area contributed by atoms with Gasteiger partial charge >= 0.3 is 5.97 Å². The highest BCUT2D eigenvalue weighted by molar-refractivity contribution is 6.99. The lowest BCUT2D eigenvalue weighted by Crippen LogP contribution is -2.69. The zero-order valence-corrected chi connectivity index (χ0v) is 20.3. The van der Waals surface area contributed by atoms with Gasteiger partial charge < -0.3 is 14.9 Å². The molecule has 2 aromatic carbocycles. The topological polar surface area (TPSA) is 61.5 Å². The molecule has 0 fully saturated rings. The maximum atomic E-state index is 12.5. The number of nitrogens with two attached hydrogens (primary N) is 1. The van der Waals surface area contributed by atoms with Crippen LogP contribution >= 0.6 is 0 Å². The van der Waals surface area contributed by atoms with Crippen molar-refractivity contribution in [3.63, 3.8) is 0 Å². The zero-order valence-electron chi connectivity index (χ0n) is 19.3. The van der Waals surface area contributed by atoms with Gasteiger partial charge in [-0.25, -0.2) is 4.79 Å². The third kappa shape index (κ3) is 4.69. The Kier molecular flexibility index (Phi) is 7.19. The Morgan fingerprint density at radius 2 is 1.55 bits per heavy atom. The summed E-state index contributed by atoms with van der Waals surface area (Å²) in [5, 5.41) is 2.27. The number of benzene rings is 2. The Hall–Kier alpha value is -2.21. The van der Waals surface area contributed by atoms with Crippen LogP contribution in [-0.2, 0) is 14.0 Å². The van der Waals surface area contributed by atoms with Crippen LogP contribution in [0.15, 0.2) is 72.3 Å². The summed E-state index contributed by atoms with van der Waals surface area (Å²) in [6.45, 7) is 11.0. The van der Waals surface area contributed by atoms with Crippen molar-refractivity contribution in [1.82, 2.24) is 0 Å². The maximum absolute atomic E-state index is 12.5. The molecule has 0 amide bonds. The first-order valence-corrected chi connectivity index (χ1v) is 13.0. The van der Waals surface area contributed by atoms with Crippen LogP contribution in [0, 0.1) is 5.92 Å². The molecule has 0 bridgehead atoms. The fraction of sp³-hybridized carbons (Fsp3) is 0.423. The second kappa shape index (κ2) is 9.51. The SMILES string of the molecule is CCOC(=O)C1=C[C@H](C)[C@H](N)[C@H](O[Si](c2ccccc2)(c2ccccc2)C(C)(C)C)C1. The van der Waals surface area contributed by atoms with Crippen LogP contribution < -0.4 is 16.1 Å². The number of carbonyl (C=O) groups is 1. The van der Waals surface area contributed by atoms with E-state index in [-0.39, 0.29) is 29.1 Å². The molecule has 0 heterocycles. The third-order valence-corrected chi connectivity index (χ3v) is 11.3. The number of carbonyl (C=O) groups excluding carboxylic acids is 1. The van der Waals surface area contributed by atoms with Gasteiger partial charge in [0.25, 0.3) is 8.32 Å². The first-order valence-electron chi connectivity index (χ1n) is 11.1. The van der Waals surface area contributed by atoms with Crippen molar-refractivity contribution in [3.8, 4) is 0 Å². The van der Waals surface area contributed by atoms with Crippen molar-refractivity contribution < 1.29 is 14.0 Å². The summed E-state index contributed by atoms with van der Waals surface area (Å²) < 4.78 is 12.5. The highest BCUT2D eigenvalue weighted by Gasteiger charge is 2.52. The molecule has 0 aliphatic heterocycles. The van der Waals surface area contributed by atoms with Gasteiger partial charge in [-0.15, -0.1) is 0 Å². The maximum Gasteiger partial charge on any atom is 0.333 e. The zero-order chi connectivity index (χ0) is 22.6. The molecule has 166 valence electrons. The van der Waals surface area contributed by atoms with Crippen LogP contribution in [0.1, 0.15) is 41.0 Å². The molecule has 0 unspecified atom stereocenters. The smallest absolute Gasteiger partial charge is 0.333 e. The number of hydrogen-bond acceptors (Lipinski definition) is 4. The van der Waals surface area contributed by atoms with Gasteiger partial charge in [-0.3, -0.25) is 0 Å². The summed E-state index contributed by atoms with van der Waals surface area (Å²) in [5.41, 5.74) is 7.33. The molecule has 1 aliphatic rings. The van der Waals surface area contributed by atoms with E-state index >= 15 is 0 Å². The van der Waals surface area contributed by atoms with Crippen molar-refractivity contribution in [2.24, 2.45) is 11.7 Å².